The number of halogens is 1. The van der Waals surface area contributed by atoms with E-state index >= 15 is 0 Å². The van der Waals surface area contributed by atoms with Crippen LogP contribution in [0.15, 0.2) is 53.6 Å². The monoisotopic (exact) mass is 302 g/mol. The van der Waals surface area contributed by atoms with Gasteiger partial charge in [-0.2, -0.15) is 0 Å². The quantitative estimate of drug-likeness (QED) is 0.613. The molecule has 0 heterocycles. The Balaban J connectivity index is 2.56. The maximum atomic E-state index is 13.0. The molecule has 0 bridgehead atoms. The van der Waals surface area contributed by atoms with Gasteiger partial charge in [0.2, 0.25) is 0 Å². The van der Waals surface area contributed by atoms with Gasteiger partial charge in [0.05, 0.1) is 6.61 Å². The minimum atomic E-state index is -0.234. The molecule has 120 valence electrons. The van der Waals surface area contributed by atoms with Crippen molar-refractivity contribution in [3.8, 4) is 0 Å². The summed E-state index contributed by atoms with van der Waals surface area (Å²) < 4.78 is 13.0. The summed E-state index contributed by atoms with van der Waals surface area (Å²) in [5.41, 5.74) is 4.79. The number of rotatable bonds is 8. The van der Waals surface area contributed by atoms with Crippen LogP contribution in [-0.2, 0) is 0 Å². The van der Waals surface area contributed by atoms with Gasteiger partial charge in [-0.25, -0.2) is 4.39 Å². The van der Waals surface area contributed by atoms with Crippen LogP contribution in [0.25, 0.3) is 5.57 Å². The maximum absolute atomic E-state index is 13.0. The molecule has 0 amide bonds. The Morgan fingerprint density at radius 1 is 0.955 bits per heavy atom. The minimum absolute atomic E-state index is 0.00990. The summed E-state index contributed by atoms with van der Waals surface area (Å²) in [6, 6.07) is 6.45. The first-order chi connectivity index (χ1) is 10.5. The van der Waals surface area contributed by atoms with Gasteiger partial charge in [-0.15, -0.1) is 0 Å². The van der Waals surface area contributed by atoms with E-state index in [4.69, 9.17) is 5.11 Å². The highest BCUT2D eigenvalue weighted by Gasteiger charge is 2.01. The molecule has 0 saturated carbocycles. The largest absolute Gasteiger partial charge is 0.392 e. The van der Waals surface area contributed by atoms with Crippen LogP contribution in [0.2, 0.25) is 0 Å². The second-order valence-corrected chi connectivity index (χ2v) is 5.83. The van der Waals surface area contributed by atoms with Crippen molar-refractivity contribution in [3.05, 3.63) is 65.0 Å². The van der Waals surface area contributed by atoms with Gasteiger partial charge in [0, 0.05) is 0 Å². The Hall–Kier alpha value is -1.67. The van der Waals surface area contributed by atoms with Gasteiger partial charge in [-0.3, -0.25) is 0 Å². The molecule has 1 aromatic rings. The molecular weight excluding hydrogens is 275 g/mol. The number of aliphatic hydroxyl groups excluding tert-OH is 1. The van der Waals surface area contributed by atoms with Crippen LogP contribution in [0.5, 0.6) is 0 Å². The first-order valence-corrected chi connectivity index (χ1v) is 7.87. The molecule has 0 radical (unpaired) electrons. The number of hydrogen-bond donors (Lipinski definition) is 1. The number of hydrogen-bond acceptors (Lipinski definition) is 1. The van der Waals surface area contributed by atoms with E-state index in [0.29, 0.717) is 0 Å². The Bertz CT molecular complexity index is 531. The van der Waals surface area contributed by atoms with Crippen LogP contribution in [0.1, 0.15) is 52.0 Å². The zero-order chi connectivity index (χ0) is 16.4. The van der Waals surface area contributed by atoms with Gasteiger partial charge in [0.15, 0.2) is 0 Å². The molecule has 0 aliphatic heterocycles. The molecule has 0 fully saturated rings. The van der Waals surface area contributed by atoms with E-state index in [0.717, 1.165) is 36.8 Å². The van der Waals surface area contributed by atoms with Gasteiger partial charge in [-0.05, 0) is 69.7 Å². The summed E-state index contributed by atoms with van der Waals surface area (Å²) in [7, 11) is 0. The van der Waals surface area contributed by atoms with Gasteiger partial charge < -0.3 is 5.11 Å². The molecule has 2 heteroatoms. The number of benzene rings is 1. The average molecular weight is 302 g/mol. The highest BCUT2D eigenvalue weighted by atomic mass is 19.1. The first kappa shape index (κ1) is 18.4. The molecule has 0 atom stereocenters. The summed E-state index contributed by atoms with van der Waals surface area (Å²) in [4.78, 5) is 0. The standard InChI is InChI=1S/C20H27FO/c1-16(2)6-4-7-17(3)8-5-9-18(14-15-22)19-10-12-20(21)13-11-19/h6,8,10-14,22H,4-5,7,9,15H2,1-3H3/b17-8+,18-14-. The SMILES string of the molecule is CC(C)=CCC/C(C)=C/CC/C(=C/CO)c1ccc(F)cc1. The van der Waals surface area contributed by atoms with E-state index in [1.54, 1.807) is 18.2 Å². The summed E-state index contributed by atoms with van der Waals surface area (Å²) in [6.07, 6.45) is 10.3. The molecule has 1 nitrogen and oxygen atoms in total. The zero-order valence-corrected chi connectivity index (χ0v) is 13.9. The lowest BCUT2D eigenvalue weighted by atomic mass is 9.99. The van der Waals surface area contributed by atoms with Crippen molar-refractivity contribution >= 4 is 5.57 Å². The van der Waals surface area contributed by atoms with Gasteiger partial charge in [0.1, 0.15) is 5.82 Å². The highest BCUT2D eigenvalue weighted by Crippen LogP contribution is 2.21. The first-order valence-electron chi connectivity index (χ1n) is 7.87. The van der Waals surface area contributed by atoms with Crippen LogP contribution < -0.4 is 0 Å². The van der Waals surface area contributed by atoms with Gasteiger partial charge in [0.25, 0.3) is 0 Å². The van der Waals surface area contributed by atoms with E-state index in [2.05, 4.69) is 32.9 Å². The fraction of sp³-hybridized carbons (Fsp3) is 0.400. The Morgan fingerprint density at radius 3 is 2.18 bits per heavy atom. The smallest absolute Gasteiger partial charge is 0.123 e. The summed E-state index contributed by atoms with van der Waals surface area (Å²) in [6.45, 7) is 6.41. The van der Waals surface area contributed by atoms with Crippen LogP contribution in [0.3, 0.4) is 0 Å². The Kier molecular flexibility index (Phi) is 8.46. The molecule has 22 heavy (non-hydrogen) atoms. The molecular formula is C20H27FO. The fourth-order valence-corrected chi connectivity index (χ4v) is 2.30. The molecule has 0 aliphatic carbocycles. The van der Waals surface area contributed by atoms with E-state index in [1.165, 1.54) is 23.3 Å². The lowest BCUT2D eigenvalue weighted by Gasteiger charge is -2.07. The van der Waals surface area contributed by atoms with Crippen molar-refractivity contribution in [2.75, 3.05) is 6.61 Å². The van der Waals surface area contributed by atoms with E-state index in [-0.39, 0.29) is 12.4 Å². The lowest BCUT2D eigenvalue weighted by molar-refractivity contribution is 0.343. The Morgan fingerprint density at radius 2 is 1.59 bits per heavy atom. The minimum Gasteiger partial charge on any atom is -0.392 e. The van der Waals surface area contributed by atoms with Crippen molar-refractivity contribution in [2.45, 2.75) is 46.5 Å². The third kappa shape index (κ3) is 7.37. The predicted molar refractivity (Wildman–Crippen MR) is 93.1 cm³/mol. The topological polar surface area (TPSA) is 20.2 Å². The molecule has 0 aliphatic rings. The maximum Gasteiger partial charge on any atom is 0.123 e. The molecule has 0 aromatic heterocycles. The Labute approximate surface area is 133 Å². The van der Waals surface area contributed by atoms with Crippen molar-refractivity contribution in [1.29, 1.82) is 0 Å². The summed E-state index contributed by atoms with van der Waals surface area (Å²) in [5.74, 6) is -0.234. The third-order valence-electron chi connectivity index (χ3n) is 3.55. The average Bonchev–Trinajstić information content (AvgIpc) is 2.47. The number of allylic oxidation sites excluding steroid dienone is 5. The lowest BCUT2D eigenvalue weighted by Crippen LogP contribution is -1.88. The van der Waals surface area contributed by atoms with E-state index < -0.39 is 0 Å². The summed E-state index contributed by atoms with van der Waals surface area (Å²) in [5, 5.41) is 9.16. The van der Waals surface area contributed by atoms with Crippen molar-refractivity contribution in [3.63, 3.8) is 0 Å². The fourth-order valence-electron chi connectivity index (χ4n) is 2.30. The van der Waals surface area contributed by atoms with Gasteiger partial charge in [-0.1, -0.05) is 41.5 Å². The molecule has 0 unspecified atom stereocenters. The predicted octanol–water partition coefficient (Wildman–Crippen LogP) is 5.67. The van der Waals surface area contributed by atoms with Crippen molar-refractivity contribution in [1.82, 2.24) is 0 Å². The molecule has 0 saturated heterocycles. The zero-order valence-electron chi connectivity index (χ0n) is 13.9. The second-order valence-electron chi connectivity index (χ2n) is 5.83. The van der Waals surface area contributed by atoms with E-state index in [1.807, 2.05) is 0 Å². The normalized spacial score (nSPS) is 12.4. The molecule has 1 N–H and O–H groups in total. The van der Waals surface area contributed by atoms with Crippen LogP contribution in [-0.4, -0.2) is 11.7 Å². The van der Waals surface area contributed by atoms with Crippen LogP contribution in [0, 0.1) is 5.82 Å². The second kappa shape index (κ2) is 10.1. The number of aliphatic hydroxyl groups is 1. The van der Waals surface area contributed by atoms with Crippen LogP contribution >= 0.6 is 0 Å². The van der Waals surface area contributed by atoms with Crippen molar-refractivity contribution < 1.29 is 9.50 Å². The molecule has 0 spiro atoms. The van der Waals surface area contributed by atoms with E-state index in [9.17, 15) is 4.39 Å². The van der Waals surface area contributed by atoms with Crippen LogP contribution in [0.4, 0.5) is 4.39 Å². The third-order valence-corrected chi connectivity index (χ3v) is 3.55. The van der Waals surface area contributed by atoms with Crippen molar-refractivity contribution in [2.24, 2.45) is 0 Å². The van der Waals surface area contributed by atoms with Gasteiger partial charge >= 0.3 is 0 Å². The summed E-state index contributed by atoms with van der Waals surface area (Å²) >= 11 is 0. The highest BCUT2D eigenvalue weighted by molar-refractivity contribution is 5.65. The molecule has 1 aromatic carbocycles. The molecule has 1 rings (SSSR count).